The Morgan fingerprint density at radius 1 is 1.39 bits per heavy atom. The van der Waals surface area contributed by atoms with Crippen LogP contribution < -0.4 is 5.32 Å². The SMILES string of the molecule is CCCCOCCCNC1=NCC(CC(C)C)S1. The third-order valence-electron chi connectivity index (χ3n) is 2.84. The molecule has 0 spiro atoms. The highest BCUT2D eigenvalue weighted by Crippen LogP contribution is 2.25. The second-order valence-electron chi connectivity index (χ2n) is 5.26. The van der Waals surface area contributed by atoms with Crippen LogP contribution >= 0.6 is 11.8 Å². The minimum absolute atomic E-state index is 0.688. The number of amidine groups is 1. The van der Waals surface area contributed by atoms with Crippen LogP contribution in [0, 0.1) is 5.92 Å². The molecule has 1 atom stereocenters. The van der Waals surface area contributed by atoms with E-state index in [1.807, 2.05) is 11.8 Å². The molecular weight excluding hydrogens is 244 g/mol. The van der Waals surface area contributed by atoms with Gasteiger partial charge in [-0.3, -0.25) is 4.99 Å². The minimum atomic E-state index is 0.688. The molecule has 0 aromatic heterocycles. The van der Waals surface area contributed by atoms with Gasteiger partial charge in [0.15, 0.2) is 5.17 Å². The Morgan fingerprint density at radius 2 is 2.17 bits per heavy atom. The topological polar surface area (TPSA) is 33.6 Å². The highest BCUT2D eigenvalue weighted by atomic mass is 32.2. The van der Waals surface area contributed by atoms with E-state index in [4.69, 9.17) is 4.74 Å². The van der Waals surface area contributed by atoms with Gasteiger partial charge in [0.05, 0.1) is 6.54 Å². The summed E-state index contributed by atoms with van der Waals surface area (Å²) < 4.78 is 5.53. The van der Waals surface area contributed by atoms with Crippen molar-refractivity contribution in [2.45, 2.75) is 51.7 Å². The average Bonchev–Trinajstić information content (AvgIpc) is 2.75. The van der Waals surface area contributed by atoms with E-state index in [0.29, 0.717) is 5.25 Å². The molecule has 0 aliphatic carbocycles. The predicted octanol–water partition coefficient (Wildman–Crippen LogP) is 3.30. The van der Waals surface area contributed by atoms with Crippen molar-refractivity contribution >= 4 is 16.9 Å². The normalized spacial score (nSPS) is 19.3. The molecule has 0 aromatic carbocycles. The molecule has 0 radical (unpaired) electrons. The van der Waals surface area contributed by atoms with Crippen LogP contribution in [0.2, 0.25) is 0 Å². The van der Waals surface area contributed by atoms with Gasteiger partial charge in [-0.15, -0.1) is 0 Å². The van der Waals surface area contributed by atoms with Gasteiger partial charge < -0.3 is 10.1 Å². The second kappa shape index (κ2) is 9.68. The van der Waals surface area contributed by atoms with Crippen LogP contribution in [-0.2, 0) is 4.74 Å². The Hall–Kier alpha value is -0.220. The molecule has 106 valence electrons. The summed E-state index contributed by atoms with van der Waals surface area (Å²) in [4.78, 5) is 4.55. The summed E-state index contributed by atoms with van der Waals surface area (Å²) in [5, 5.41) is 5.23. The van der Waals surface area contributed by atoms with E-state index in [2.05, 4.69) is 31.1 Å². The molecule has 3 nitrogen and oxygen atoms in total. The number of aliphatic imine (C=N–C) groups is 1. The molecule has 0 fully saturated rings. The smallest absolute Gasteiger partial charge is 0.156 e. The van der Waals surface area contributed by atoms with Crippen LogP contribution in [0.4, 0.5) is 0 Å². The lowest BCUT2D eigenvalue weighted by molar-refractivity contribution is 0.129. The Bertz CT molecular complexity index is 244. The monoisotopic (exact) mass is 272 g/mol. The molecule has 1 rings (SSSR count). The molecular formula is C14H28N2OS. The summed E-state index contributed by atoms with van der Waals surface area (Å²) >= 11 is 1.91. The maximum atomic E-state index is 5.53. The quantitative estimate of drug-likeness (QED) is 0.654. The first-order chi connectivity index (χ1) is 8.72. The highest BCUT2D eigenvalue weighted by Gasteiger charge is 2.19. The summed E-state index contributed by atoms with van der Waals surface area (Å²) in [5.74, 6) is 0.768. The van der Waals surface area contributed by atoms with Gasteiger partial charge in [-0.2, -0.15) is 0 Å². The van der Waals surface area contributed by atoms with E-state index in [-0.39, 0.29) is 0 Å². The fraction of sp³-hybridized carbons (Fsp3) is 0.929. The van der Waals surface area contributed by atoms with Gasteiger partial charge >= 0.3 is 0 Å². The van der Waals surface area contributed by atoms with Gasteiger partial charge in [0.1, 0.15) is 0 Å². The largest absolute Gasteiger partial charge is 0.381 e. The Balaban J connectivity index is 1.94. The zero-order chi connectivity index (χ0) is 13.2. The van der Waals surface area contributed by atoms with Gasteiger partial charge in [0.2, 0.25) is 0 Å². The van der Waals surface area contributed by atoms with Crippen LogP contribution in [-0.4, -0.2) is 36.7 Å². The molecule has 0 bridgehead atoms. The number of ether oxygens (including phenoxy) is 1. The van der Waals surface area contributed by atoms with E-state index in [1.165, 1.54) is 19.3 Å². The third-order valence-corrected chi connectivity index (χ3v) is 4.01. The molecule has 4 heteroatoms. The van der Waals surface area contributed by atoms with Gasteiger partial charge in [-0.1, -0.05) is 39.0 Å². The zero-order valence-corrected chi connectivity index (χ0v) is 12.9. The maximum Gasteiger partial charge on any atom is 0.156 e. The first kappa shape index (κ1) is 15.8. The van der Waals surface area contributed by atoms with Crippen molar-refractivity contribution in [3.63, 3.8) is 0 Å². The zero-order valence-electron chi connectivity index (χ0n) is 12.1. The highest BCUT2D eigenvalue weighted by molar-refractivity contribution is 8.14. The van der Waals surface area contributed by atoms with E-state index in [9.17, 15) is 0 Å². The van der Waals surface area contributed by atoms with Crippen molar-refractivity contribution in [1.29, 1.82) is 0 Å². The lowest BCUT2D eigenvalue weighted by Gasteiger charge is -2.11. The molecule has 1 heterocycles. The summed E-state index contributed by atoms with van der Waals surface area (Å²) in [6.07, 6.45) is 4.72. The summed E-state index contributed by atoms with van der Waals surface area (Å²) in [6.45, 7) is 10.5. The van der Waals surface area contributed by atoms with Crippen LogP contribution in [0.25, 0.3) is 0 Å². The first-order valence-electron chi connectivity index (χ1n) is 7.25. The lowest BCUT2D eigenvalue weighted by Crippen LogP contribution is -2.22. The molecule has 0 saturated carbocycles. The van der Waals surface area contributed by atoms with Crippen molar-refractivity contribution < 1.29 is 4.74 Å². The van der Waals surface area contributed by atoms with Crippen molar-refractivity contribution in [1.82, 2.24) is 5.32 Å². The molecule has 0 saturated heterocycles. The Morgan fingerprint density at radius 3 is 2.89 bits per heavy atom. The molecule has 18 heavy (non-hydrogen) atoms. The molecule has 1 unspecified atom stereocenters. The van der Waals surface area contributed by atoms with Gasteiger partial charge in [0.25, 0.3) is 0 Å². The van der Waals surface area contributed by atoms with Gasteiger partial charge in [-0.05, 0) is 25.2 Å². The molecule has 1 N–H and O–H groups in total. The van der Waals surface area contributed by atoms with Crippen LogP contribution in [0.3, 0.4) is 0 Å². The van der Waals surface area contributed by atoms with Crippen molar-refractivity contribution in [2.75, 3.05) is 26.3 Å². The average molecular weight is 272 g/mol. The van der Waals surface area contributed by atoms with E-state index in [1.54, 1.807) is 0 Å². The van der Waals surface area contributed by atoms with E-state index < -0.39 is 0 Å². The van der Waals surface area contributed by atoms with E-state index >= 15 is 0 Å². The van der Waals surface area contributed by atoms with Crippen molar-refractivity contribution in [3.8, 4) is 0 Å². The van der Waals surface area contributed by atoms with E-state index in [0.717, 1.165) is 43.8 Å². The summed E-state index contributed by atoms with van der Waals surface area (Å²) in [7, 11) is 0. The number of rotatable bonds is 9. The predicted molar refractivity (Wildman–Crippen MR) is 81.5 cm³/mol. The fourth-order valence-corrected chi connectivity index (χ4v) is 3.16. The van der Waals surface area contributed by atoms with Crippen molar-refractivity contribution in [2.24, 2.45) is 10.9 Å². The maximum absolute atomic E-state index is 5.53. The number of unbranched alkanes of at least 4 members (excludes halogenated alkanes) is 1. The first-order valence-corrected chi connectivity index (χ1v) is 8.13. The molecule has 0 aromatic rings. The lowest BCUT2D eigenvalue weighted by atomic mass is 10.1. The summed E-state index contributed by atoms with van der Waals surface area (Å²) in [5.41, 5.74) is 0. The number of hydrogen-bond acceptors (Lipinski definition) is 4. The van der Waals surface area contributed by atoms with Crippen LogP contribution in [0.1, 0.15) is 46.5 Å². The van der Waals surface area contributed by atoms with Crippen LogP contribution in [0.15, 0.2) is 4.99 Å². The standard InChI is InChI=1S/C14H28N2OS/c1-4-5-8-17-9-6-7-15-14-16-11-13(18-14)10-12(2)3/h12-13H,4-11H2,1-3H3,(H,15,16). The van der Waals surface area contributed by atoms with Gasteiger partial charge in [-0.25, -0.2) is 0 Å². The fourth-order valence-electron chi connectivity index (χ4n) is 1.88. The van der Waals surface area contributed by atoms with Crippen molar-refractivity contribution in [3.05, 3.63) is 0 Å². The van der Waals surface area contributed by atoms with Crippen LogP contribution in [0.5, 0.6) is 0 Å². The number of hydrogen-bond donors (Lipinski definition) is 1. The number of nitrogens with zero attached hydrogens (tertiary/aromatic N) is 1. The Labute approximate surface area is 116 Å². The second-order valence-corrected chi connectivity index (χ2v) is 6.55. The molecule has 0 amide bonds. The Kier molecular flexibility index (Phi) is 8.51. The minimum Gasteiger partial charge on any atom is -0.381 e. The molecule has 1 aliphatic heterocycles. The molecule has 1 aliphatic rings. The number of nitrogens with one attached hydrogen (secondary N) is 1. The summed E-state index contributed by atoms with van der Waals surface area (Å²) in [6, 6.07) is 0. The number of thioether (sulfide) groups is 1. The van der Waals surface area contributed by atoms with Gasteiger partial charge in [0, 0.05) is 25.0 Å². The third kappa shape index (κ3) is 7.27.